The van der Waals surface area contributed by atoms with E-state index >= 15 is 0 Å². The number of nitro benzene ring substituents is 1. The molecule has 0 bridgehead atoms. The Kier molecular flexibility index (Phi) is 4.45. The number of nitro groups is 1. The smallest absolute Gasteiger partial charge is 0.287 e. The van der Waals surface area contributed by atoms with Crippen LogP contribution in [0, 0.1) is 10.1 Å². The minimum Gasteiger partial charge on any atom is -0.339 e. The van der Waals surface area contributed by atoms with Crippen LogP contribution in [0.25, 0.3) is 0 Å². The second-order valence-electron chi connectivity index (χ2n) is 3.40. The van der Waals surface area contributed by atoms with Gasteiger partial charge in [-0.2, -0.15) is 0 Å². The van der Waals surface area contributed by atoms with Crippen molar-refractivity contribution >= 4 is 23.2 Å². The molecule has 1 aromatic rings. The number of halogens is 1. The van der Waals surface area contributed by atoms with Gasteiger partial charge in [-0.25, -0.2) is 0 Å². The number of nitrogens with zero attached hydrogens (tertiary/aromatic N) is 2. The van der Waals surface area contributed by atoms with Crippen molar-refractivity contribution < 1.29 is 9.72 Å². The van der Waals surface area contributed by atoms with Crippen LogP contribution in [0.4, 0.5) is 5.69 Å². The van der Waals surface area contributed by atoms with Crippen LogP contribution in [-0.4, -0.2) is 28.8 Å². The van der Waals surface area contributed by atoms with E-state index in [1.54, 1.807) is 4.90 Å². The van der Waals surface area contributed by atoms with Crippen molar-refractivity contribution in [1.29, 1.82) is 0 Å². The highest BCUT2D eigenvalue weighted by molar-refractivity contribution is 6.33. The highest BCUT2D eigenvalue weighted by Gasteiger charge is 2.17. The molecule has 0 saturated carbocycles. The summed E-state index contributed by atoms with van der Waals surface area (Å²) in [5.41, 5.74) is 0.173. The first kappa shape index (κ1) is 13.4. The first-order valence-electron chi connectivity index (χ1n) is 5.24. The zero-order chi connectivity index (χ0) is 13.0. The molecule has 1 rings (SSSR count). The average molecular weight is 257 g/mol. The summed E-state index contributed by atoms with van der Waals surface area (Å²) in [7, 11) is 0. The maximum absolute atomic E-state index is 11.9. The van der Waals surface area contributed by atoms with E-state index in [-0.39, 0.29) is 16.6 Å². The van der Waals surface area contributed by atoms with Gasteiger partial charge < -0.3 is 4.90 Å². The molecule has 0 radical (unpaired) electrons. The summed E-state index contributed by atoms with van der Waals surface area (Å²) in [5.74, 6) is -0.174. The zero-order valence-electron chi connectivity index (χ0n) is 9.64. The molecule has 0 N–H and O–H groups in total. The van der Waals surface area contributed by atoms with Gasteiger partial charge in [0.25, 0.3) is 11.6 Å². The van der Waals surface area contributed by atoms with Crippen LogP contribution in [0.5, 0.6) is 0 Å². The van der Waals surface area contributed by atoms with Gasteiger partial charge in [0.1, 0.15) is 5.02 Å². The van der Waals surface area contributed by atoms with Crippen molar-refractivity contribution in [3.8, 4) is 0 Å². The van der Waals surface area contributed by atoms with Gasteiger partial charge in [-0.3, -0.25) is 14.9 Å². The highest BCUT2D eigenvalue weighted by atomic mass is 35.5. The normalized spacial score (nSPS) is 10.1. The van der Waals surface area contributed by atoms with Gasteiger partial charge in [0.05, 0.1) is 4.92 Å². The van der Waals surface area contributed by atoms with Crippen molar-refractivity contribution in [1.82, 2.24) is 4.90 Å². The van der Waals surface area contributed by atoms with Crippen molar-refractivity contribution in [3.63, 3.8) is 0 Å². The molecule has 1 amide bonds. The fourth-order valence-electron chi connectivity index (χ4n) is 1.48. The lowest BCUT2D eigenvalue weighted by molar-refractivity contribution is -0.384. The van der Waals surface area contributed by atoms with Crippen LogP contribution in [0.2, 0.25) is 5.02 Å². The molecule has 0 aliphatic rings. The van der Waals surface area contributed by atoms with E-state index < -0.39 is 4.92 Å². The number of hydrogen-bond donors (Lipinski definition) is 0. The Morgan fingerprint density at radius 2 is 2.00 bits per heavy atom. The summed E-state index contributed by atoms with van der Waals surface area (Å²) in [6.45, 7) is 4.91. The number of benzene rings is 1. The molecule has 17 heavy (non-hydrogen) atoms. The molecule has 0 atom stereocenters. The van der Waals surface area contributed by atoms with Crippen LogP contribution in [0.1, 0.15) is 24.2 Å². The van der Waals surface area contributed by atoms with E-state index in [4.69, 9.17) is 11.6 Å². The van der Waals surface area contributed by atoms with Crippen molar-refractivity contribution in [2.24, 2.45) is 0 Å². The number of rotatable bonds is 4. The fourth-order valence-corrected chi connectivity index (χ4v) is 1.73. The fraction of sp³-hybridized carbons (Fsp3) is 0.364. The van der Waals surface area contributed by atoms with Crippen molar-refractivity contribution in [2.45, 2.75) is 13.8 Å². The lowest BCUT2D eigenvalue weighted by Gasteiger charge is -2.18. The second kappa shape index (κ2) is 5.63. The van der Waals surface area contributed by atoms with Crippen LogP contribution >= 0.6 is 11.6 Å². The molecule has 0 fully saturated rings. The predicted molar refractivity (Wildman–Crippen MR) is 65.4 cm³/mol. The Morgan fingerprint density at radius 3 is 2.41 bits per heavy atom. The molecular formula is C11H13ClN2O3. The van der Waals surface area contributed by atoms with Gasteiger partial charge in [-0.1, -0.05) is 11.6 Å². The number of amides is 1. The summed E-state index contributed by atoms with van der Waals surface area (Å²) in [6.07, 6.45) is 0. The summed E-state index contributed by atoms with van der Waals surface area (Å²) < 4.78 is 0. The Hall–Kier alpha value is -1.62. The molecule has 0 heterocycles. The molecule has 0 unspecified atom stereocenters. The average Bonchev–Trinajstić information content (AvgIpc) is 2.29. The van der Waals surface area contributed by atoms with E-state index in [2.05, 4.69) is 0 Å². The molecule has 0 aromatic heterocycles. The largest absolute Gasteiger partial charge is 0.339 e. The van der Waals surface area contributed by atoms with Gasteiger partial charge in [0, 0.05) is 24.7 Å². The van der Waals surface area contributed by atoms with Gasteiger partial charge >= 0.3 is 0 Å². The molecule has 0 aliphatic heterocycles. The van der Waals surface area contributed by atoms with Crippen LogP contribution in [0.15, 0.2) is 18.2 Å². The number of hydrogen-bond acceptors (Lipinski definition) is 3. The van der Waals surface area contributed by atoms with E-state index in [0.29, 0.717) is 18.7 Å². The van der Waals surface area contributed by atoms with Gasteiger partial charge in [0.15, 0.2) is 0 Å². The summed E-state index contributed by atoms with van der Waals surface area (Å²) in [6, 6.07) is 4.00. The maximum atomic E-state index is 11.9. The topological polar surface area (TPSA) is 63.5 Å². The Balaban J connectivity index is 3.05. The third-order valence-electron chi connectivity index (χ3n) is 2.44. The summed E-state index contributed by atoms with van der Waals surface area (Å²) in [5, 5.41) is 10.6. The van der Waals surface area contributed by atoms with E-state index in [1.807, 2.05) is 13.8 Å². The van der Waals surface area contributed by atoms with E-state index in [0.717, 1.165) is 0 Å². The molecule has 0 aliphatic carbocycles. The minimum atomic E-state index is -0.575. The maximum Gasteiger partial charge on any atom is 0.287 e. The van der Waals surface area contributed by atoms with Crippen LogP contribution in [-0.2, 0) is 0 Å². The predicted octanol–water partition coefficient (Wildman–Crippen LogP) is 2.73. The van der Waals surface area contributed by atoms with Crippen molar-refractivity contribution in [3.05, 3.63) is 38.9 Å². The molecule has 5 nitrogen and oxygen atoms in total. The van der Waals surface area contributed by atoms with E-state index in [9.17, 15) is 14.9 Å². The second-order valence-corrected chi connectivity index (χ2v) is 3.81. The lowest BCUT2D eigenvalue weighted by atomic mass is 10.2. The molecule has 92 valence electrons. The van der Waals surface area contributed by atoms with Gasteiger partial charge in [-0.05, 0) is 26.0 Å². The summed E-state index contributed by atoms with van der Waals surface area (Å²) in [4.78, 5) is 23.6. The van der Waals surface area contributed by atoms with Gasteiger partial charge in [0.2, 0.25) is 0 Å². The lowest BCUT2D eigenvalue weighted by Crippen LogP contribution is -2.30. The van der Waals surface area contributed by atoms with E-state index in [1.165, 1.54) is 18.2 Å². The van der Waals surface area contributed by atoms with Crippen molar-refractivity contribution in [2.75, 3.05) is 13.1 Å². The third-order valence-corrected chi connectivity index (χ3v) is 2.74. The molecule has 6 heteroatoms. The first-order chi connectivity index (χ1) is 8.01. The molecule has 1 aromatic carbocycles. The standard InChI is InChI=1S/C11H13ClN2O3/c1-3-13(4-2)11(15)8-5-6-10(14(16)17)9(12)7-8/h5-7H,3-4H2,1-2H3. The molecule has 0 spiro atoms. The minimum absolute atomic E-state index is 0.0204. The Morgan fingerprint density at radius 1 is 1.41 bits per heavy atom. The monoisotopic (exact) mass is 256 g/mol. The Bertz CT molecular complexity index is 444. The molecule has 0 saturated heterocycles. The Labute approximate surface area is 104 Å². The van der Waals surface area contributed by atoms with Crippen LogP contribution in [0.3, 0.4) is 0 Å². The highest BCUT2D eigenvalue weighted by Crippen LogP contribution is 2.25. The van der Waals surface area contributed by atoms with Crippen LogP contribution < -0.4 is 0 Å². The zero-order valence-corrected chi connectivity index (χ0v) is 10.4. The van der Waals surface area contributed by atoms with Gasteiger partial charge in [-0.15, -0.1) is 0 Å². The number of carbonyl (C=O) groups is 1. The summed E-state index contributed by atoms with van der Waals surface area (Å²) >= 11 is 5.75. The first-order valence-corrected chi connectivity index (χ1v) is 5.62. The number of carbonyl (C=O) groups excluding carboxylic acids is 1. The quantitative estimate of drug-likeness (QED) is 0.615. The third kappa shape index (κ3) is 2.94. The molecular weight excluding hydrogens is 244 g/mol. The SMILES string of the molecule is CCN(CC)C(=O)c1ccc([N+](=O)[O-])c(Cl)c1.